The van der Waals surface area contributed by atoms with Crippen LogP contribution in [0.5, 0.6) is 0 Å². The van der Waals surface area contributed by atoms with Crippen LogP contribution in [0.3, 0.4) is 0 Å². The molecule has 0 amide bonds. The average molecular weight is 228 g/mol. The SMILES string of the molecule is CC[C@@]1(c2ccccc2)C(=O)[C@@H]2CCCC[C@@H]21. The first-order valence-electron chi connectivity index (χ1n) is 6.90. The summed E-state index contributed by atoms with van der Waals surface area (Å²) in [6.07, 6.45) is 5.92. The Kier molecular flexibility index (Phi) is 2.57. The van der Waals surface area contributed by atoms with Gasteiger partial charge in [-0.3, -0.25) is 4.79 Å². The van der Waals surface area contributed by atoms with E-state index in [1.54, 1.807) is 0 Å². The fourth-order valence-corrected chi connectivity index (χ4v) is 4.18. The molecular formula is C16H20O. The summed E-state index contributed by atoms with van der Waals surface area (Å²) >= 11 is 0. The van der Waals surface area contributed by atoms with Crippen LogP contribution in [0.15, 0.2) is 30.3 Å². The van der Waals surface area contributed by atoms with Gasteiger partial charge < -0.3 is 0 Å². The van der Waals surface area contributed by atoms with E-state index in [0.29, 0.717) is 17.6 Å². The third-order valence-electron chi connectivity index (χ3n) is 5.02. The lowest BCUT2D eigenvalue weighted by atomic mass is 9.45. The number of benzene rings is 1. The second-order valence-corrected chi connectivity index (χ2v) is 5.55. The van der Waals surface area contributed by atoms with Crippen molar-refractivity contribution in [2.45, 2.75) is 44.4 Å². The molecule has 0 aromatic heterocycles. The second kappa shape index (κ2) is 3.97. The van der Waals surface area contributed by atoms with Gasteiger partial charge in [0, 0.05) is 5.92 Å². The molecule has 0 aliphatic heterocycles. The fourth-order valence-electron chi connectivity index (χ4n) is 4.18. The average Bonchev–Trinajstić information content (AvgIpc) is 2.41. The fraction of sp³-hybridized carbons (Fsp3) is 0.562. The van der Waals surface area contributed by atoms with Crippen molar-refractivity contribution in [3.05, 3.63) is 35.9 Å². The van der Waals surface area contributed by atoms with Crippen molar-refractivity contribution in [3.8, 4) is 0 Å². The zero-order valence-electron chi connectivity index (χ0n) is 10.5. The van der Waals surface area contributed by atoms with E-state index in [2.05, 4.69) is 31.2 Å². The first-order chi connectivity index (χ1) is 8.30. The molecule has 2 aliphatic carbocycles. The second-order valence-electron chi connectivity index (χ2n) is 5.55. The maximum absolute atomic E-state index is 12.5. The Labute approximate surface area is 103 Å². The molecule has 0 unspecified atom stereocenters. The van der Waals surface area contributed by atoms with E-state index in [0.717, 1.165) is 12.8 Å². The Morgan fingerprint density at radius 2 is 1.88 bits per heavy atom. The molecule has 1 aromatic rings. The Hall–Kier alpha value is -1.11. The summed E-state index contributed by atoms with van der Waals surface area (Å²) in [5.41, 5.74) is 1.13. The Bertz CT molecular complexity index is 422. The van der Waals surface area contributed by atoms with Crippen LogP contribution in [0.25, 0.3) is 0 Å². The maximum Gasteiger partial charge on any atom is 0.147 e. The van der Waals surface area contributed by atoms with Gasteiger partial charge in [0.05, 0.1) is 5.41 Å². The molecule has 0 heterocycles. The van der Waals surface area contributed by atoms with Gasteiger partial charge in [0.15, 0.2) is 0 Å². The summed E-state index contributed by atoms with van der Waals surface area (Å²) in [7, 11) is 0. The van der Waals surface area contributed by atoms with E-state index >= 15 is 0 Å². The van der Waals surface area contributed by atoms with Gasteiger partial charge in [-0.15, -0.1) is 0 Å². The van der Waals surface area contributed by atoms with Gasteiger partial charge in [0.1, 0.15) is 5.78 Å². The zero-order chi connectivity index (χ0) is 11.9. The van der Waals surface area contributed by atoms with E-state index in [4.69, 9.17) is 0 Å². The van der Waals surface area contributed by atoms with Crippen LogP contribution < -0.4 is 0 Å². The molecule has 3 atom stereocenters. The molecule has 17 heavy (non-hydrogen) atoms. The summed E-state index contributed by atoms with van der Waals surface area (Å²) in [4.78, 5) is 12.5. The molecule has 2 fully saturated rings. The van der Waals surface area contributed by atoms with Gasteiger partial charge >= 0.3 is 0 Å². The molecule has 0 saturated heterocycles. The van der Waals surface area contributed by atoms with Gasteiger partial charge in [-0.25, -0.2) is 0 Å². The highest BCUT2D eigenvalue weighted by Gasteiger charge is 2.61. The van der Waals surface area contributed by atoms with Crippen molar-refractivity contribution in [2.24, 2.45) is 11.8 Å². The molecule has 1 heteroatoms. The lowest BCUT2D eigenvalue weighted by Crippen LogP contribution is -2.61. The van der Waals surface area contributed by atoms with Gasteiger partial charge in [0.25, 0.3) is 0 Å². The summed E-state index contributed by atoms with van der Waals surface area (Å²) in [6.45, 7) is 2.18. The van der Waals surface area contributed by atoms with Crippen molar-refractivity contribution in [1.82, 2.24) is 0 Å². The van der Waals surface area contributed by atoms with E-state index in [1.807, 2.05) is 6.07 Å². The molecule has 0 N–H and O–H groups in total. The zero-order valence-corrected chi connectivity index (χ0v) is 10.5. The number of Topliss-reactive ketones (excluding diaryl/α,β-unsaturated/α-hetero) is 1. The highest BCUT2D eigenvalue weighted by molar-refractivity contribution is 5.99. The number of fused-ring (bicyclic) bond motifs is 1. The van der Waals surface area contributed by atoms with Crippen molar-refractivity contribution >= 4 is 5.78 Å². The van der Waals surface area contributed by atoms with E-state index < -0.39 is 0 Å². The van der Waals surface area contributed by atoms with Crippen molar-refractivity contribution in [2.75, 3.05) is 0 Å². The van der Waals surface area contributed by atoms with Gasteiger partial charge in [-0.05, 0) is 30.7 Å². The molecular weight excluding hydrogens is 208 g/mol. The smallest absolute Gasteiger partial charge is 0.147 e. The van der Waals surface area contributed by atoms with Crippen molar-refractivity contribution in [1.29, 1.82) is 0 Å². The summed E-state index contributed by atoms with van der Waals surface area (Å²) in [5.74, 6) is 1.52. The summed E-state index contributed by atoms with van der Waals surface area (Å²) in [5, 5.41) is 0. The quantitative estimate of drug-likeness (QED) is 0.754. The van der Waals surface area contributed by atoms with E-state index in [9.17, 15) is 4.79 Å². The highest BCUT2D eigenvalue weighted by Crippen LogP contribution is 2.57. The standard InChI is InChI=1S/C16H20O/c1-2-16(12-8-4-3-5-9-12)14-11-7-6-10-13(14)15(16)17/h3-5,8-9,13-14H,2,6-7,10-11H2,1H3/t13-,14+,16+/m1/s1. The minimum atomic E-state index is -0.133. The summed E-state index contributed by atoms with van der Waals surface area (Å²) in [6, 6.07) is 10.5. The van der Waals surface area contributed by atoms with Crippen LogP contribution in [-0.4, -0.2) is 5.78 Å². The monoisotopic (exact) mass is 228 g/mol. The van der Waals surface area contributed by atoms with Crippen LogP contribution in [0.4, 0.5) is 0 Å². The number of rotatable bonds is 2. The first kappa shape index (κ1) is 11.0. The number of ketones is 1. The third kappa shape index (κ3) is 1.34. The third-order valence-corrected chi connectivity index (χ3v) is 5.02. The molecule has 1 nitrogen and oxygen atoms in total. The molecule has 2 aliphatic rings. The van der Waals surface area contributed by atoms with Crippen LogP contribution in [0, 0.1) is 11.8 Å². The molecule has 0 radical (unpaired) electrons. The number of hydrogen-bond donors (Lipinski definition) is 0. The molecule has 0 spiro atoms. The highest BCUT2D eigenvalue weighted by atomic mass is 16.1. The number of hydrogen-bond acceptors (Lipinski definition) is 1. The minimum Gasteiger partial charge on any atom is -0.298 e. The first-order valence-corrected chi connectivity index (χ1v) is 6.90. The van der Waals surface area contributed by atoms with Crippen LogP contribution in [-0.2, 0) is 10.2 Å². The van der Waals surface area contributed by atoms with Gasteiger partial charge in [-0.2, -0.15) is 0 Å². The molecule has 3 rings (SSSR count). The van der Waals surface area contributed by atoms with Crippen LogP contribution in [0.2, 0.25) is 0 Å². The molecule has 2 saturated carbocycles. The lowest BCUT2D eigenvalue weighted by Gasteiger charge is -2.56. The number of carbonyl (C=O) groups excluding carboxylic acids is 1. The Morgan fingerprint density at radius 1 is 1.18 bits per heavy atom. The minimum absolute atomic E-state index is 0.133. The maximum atomic E-state index is 12.5. The number of carbonyl (C=O) groups is 1. The van der Waals surface area contributed by atoms with Gasteiger partial charge in [-0.1, -0.05) is 50.1 Å². The normalized spacial score (nSPS) is 36.2. The van der Waals surface area contributed by atoms with Crippen LogP contribution >= 0.6 is 0 Å². The van der Waals surface area contributed by atoms with Gasteiger partial charge in [0.2, 0.25) is 0 Å². The predicted molar refractivity (Wildman–Crippen MR) is 68.9 cm³/mol. The van der Waals surface area contributed by atoms with E-state index in [1.165, 1.54) is 24.8 Å². The lowest BCUT2D eigenvalue weighted by molar-refractivity contribution is -0.151. The van der Waals surface area contributed by atoms with E-state index in [-0.39, 0.29) is 5.41 Å². The molecule has 90 valence electrons. The largest absolute Gasteiger partial charge is 0.298 e. The predicted octanol–water partition coefficient (Wildman–Crippen LogP) is 3.72. The van der Waals surface area contributed by atoms with Crippen molar-refractivity contribution in [3.63, 3.8) is 0 Å². The summed E-state index contributed by atoms with van der Waals surface area (Å²) < 4.78 is 0. The topological polar surface area (TPSA) is 17.1 Å². The van der Waals surface area contributed by atoms with Crippen molar-refractivity contribution < 1.29 is 4.79 Å². The molecule has 0 bridgehead atoms. The van der Waals surface area contributed by atoms with Crippen LogP contribution in [0.1, 0.15) is 44.6 Å². The molecule has 1 aromatic carbocycles. The Balaban J connectivity index is 2.01. The Morgan fingerprint density at radius 3 is 2.59 bits per heavy atom.